The first-order valence-electron chi connectivity index (χ1n) is 4.70. The molecule has 1 unspecified atom stereocenters. The number of hydrogen-bond donors (Lipinski definition) is 1. The summed E-state index contributed by atoms with van der Waals surface area (Å²) in [6, 6.07) is 1.93. The van der Waals surface area contributed by atoms with Gasteiger partial charge in [-0.1, -0.05) is 13.8 Å². The third-order valence-electron chi connectivity index (χ3n) is 2.13. The Morgan fingerprint density at radius 2 is 2.15 bits per heavy atom. The Labute approximate surface area is 79.6 Å². The van der Waals surface area contributed by atoms with E-state index in [0.717, 1.165) is 17.5 Å². The molecule has 1 atom stereocenters. The van der Waals surface area contributed by atoms with E-state index in [-0.39, 0.29) is 6.10 Å². The monoisotopic (exact) mass is 179 g/mol. The van der Waals surface area contributed by atoms with Crippen LogP contribution in [-0.2, 0) is 0 Å². The summed E-state index contributed by atoms with van der Waals surface area (Å²) < 4.78 is 0. The van der Waals surface area contributed by atoms with E-state index in [9.17, 15) is 5.11 Å². The average Bonchev–Trinajstić information content (AvgIpc) is 2.03. The van der Waals surface area contributed by atoms with Crippen LogP contribution in [0, 0.1) is 12.8 Å². The summed E-state index contributed by atoms with van der Waals surface area (Å²) >= 11 is 0. The highest BCUT2D eigenvalue weighted by molar-refractivity contribution is 5.23. The van der Waals surface area contributed by atoms with E-state index in [1.54, 1.807) is 12.4 Å². The lowest BCUT2D eigenvalue weighted by Crippen LogP contribution is -2.04. The van der Waals surface area contributed by atoms with Gasteiger partial charge in [0.15, 0.2) is 0 Å². The van der Waals surface area contributed by atoms with Crippen LogP contribution < -0.4 is 0 Å². The number of rotatable bonds is 3. The van der Waals surface area contributed by atoms with Crippen LogP contribution in [0.5, 0.6) is 0 Å². The summed E-state index contributed by atoms with van der Waals surface area (Å²) in [5, 5.41) is 9.83. The smallest absolute Gasteiger partial charge is 0.0809 e. The van der Waals surface area contributed by atoms with Gasteiger partial charge in [-0.05, 0) is 30.9 Å². The minimum atomic E-state index is -0.367. The summed E-state index contributed by atoms with van der Waals surface area (Å²) in [6.45, 7) is 6.21. The Bertz CT molecular complexity index is 271. The van der Waals surface area contributed by atoms with Crippen molar-refractivity contribution in [3.8, 4) is 0 Å². The molecule has 1 aromatic rings. The molecular weight excluding hydrogens is 162 g/mol. The largest absolute Gasteiger partial charge is 0.388 e. The molecule has 2 nitrogen and oxygen atoms in total. The van der Waals surface area contributed by atoms with Gasteiger partial charge in [-0.25, -0.2) is 0 Å². The highest BCUT2D eigenvalue weighted by atomic mass is 16.3. The molecule has 0 saturated heterocycles. The Balaban J connectivity index is 2.76. The Hall–Kier alpha value is -0.890. The number of aromatic nitrogens is 1. The van der Waals surface area contributed by atoms with Gasteiger partial charge in [0, 0.05) is 18.0 Å². The molecule has 13 heavy (non-hydrogen) atoms. The third kappa shape index (κ3) is 2.81. The van der Waals surface area contributed by atoms with Crippen LogP contribution in [-0.4, -0.2) is 10.1 Å². The molecule has 0 radical (unpaired) electrons. The van der Waals surface area contributed by atoms with Crippen molar-refractivity contribution in [1.29, 1.82) is 0 Å². The van der Waals surface area contributed by atoms with E-state index in [0.29, 0.717) is 5.92 Å². The first kappa shape index (κ1) is 10.2. The molecule has 0 aliphatic rings. The van der Waals surface area contributed by atoms with Gasteiger partial charge in [0.05, 0.1) is 6.10 Å². The van der Waals surface area contributed by atoms with Crippen molar-refractivity contribution in [2.45, 2.75) is 33.3 Å². The molecule has 1 aromatic heterocycles. The van der Waals surface area contributed by atoms with E-state index in [1.165, 1.54) is 0 Å². The van der Waals surface area contributed by atoms with Gasteiger partial charge in [-0.2, -0.15) is 0 Å². The van der Waals surface area contributed by atoms with Gasteiger partial charge in [0.2, 0.25) is 0 Å². The first-order chi connectivity index (χ1) is 6.11. The van der Waals surface area contributed by atoms with Crippen LogP contribution in [0.1, 0.15) is 37.5 Å². The molecule has 2 heteroatoms. The average molecular weight is 179 g/mol. The molecule has 1 rings (SSSR count). The van der Waals surface area contributed by atoms with Gasteiger partial charge in [-0.3, -0.25) is 4.98 Å². The van der Waals surface area contributed by atoms with E-state index in [1.807, 2.05) is 13.0 Å². The second-order valence-corrected chi connectivity index (χ2v) is 3.88. The number of hydrogen-bond acceptors (Lipinski definition) is 2. The summed E-state index contributed by atoms with van der Waals surface area (Å²) in [6.07, 6.45) is 3.93. The van der Waals surface area contributed by atoms with E-state index >= 15 is 0 Å². The van der Waals surface area contributed by atoms with Crippen LogP contribution in [0.3, 0.4) is 0 Å². The normalized spacial score (nSPS) is 13.3. The maximum atomic E-state index is 9.83. The van der Waals surface area contributed by atoms with Crippen molar-refractivity contribution in [1.82, 2.24) is 4.98 Å². The zero-order valence-corrected chi connectivity index (χ0v) is 8.49. The first-order valence-corrected chi connectivity index (χ1v) is 4.70. The zero-order chi connectivity index (χ0) is 9.84. The van der Waals surface area contributed by atoms with Crippen LogP contribution >= 0.6 is 0 Å². The fraction of sp³-hybridized carbons (Fsp3) is 0.545. The number of aliphatic hydroxyl groups excluding tert-OH is 1. The Kier molecular flexibility index (Phi) is 3.43. The van der Waals surface area contributed by atoms with Crippen LogP contribution in [0.15, 0.2) is 18.5 Å². The molecule has 1 heterocycles. The molecular formula is C11H17NO. The fourth-order valence-corrected chi connectivity index (χ4v) is 1.40. The molecule has 72 valence electrons. The molecule has 0 fully saturated rings. The predicted octanol–water partition coefficient (Wildman–Crippen LogP) is 2.47. The van der Waals surface area contributed by atoms with Gasteiger partial charge < -0.3 is 5.11 Å². The zero-order valence-electron chi connectivity index (χ0n) is 8.49. The number of nitrogens with zero attached hydrogens (tertiary/aromatic N) is 1. The Morgan fingerprint density at radius 1 is 1.46 bits per heavy atom. The van der Waals surface area contributed by atoms with E-state index < -0.39 is 0 Å². The summed E-state index contributed by atoms with van der Waals surface area (Å²) in [5.41, 5.74) is 2.07. The summed E-state index contributed by atoms with van der Waals surface area (Å²) in [7, 11) is 0. The van der Waals surface area contributed by atoms with Crippen molar-refractivity contribution in [2.75, 3.05) is 0 Å². The minimum absolute atomic E-state index is 0.367. The SMILES string of the molecule is Cc1ccncc1C(O)CC(C)C. The van der Waals surface area contributed by atoms with Crippen molar-refractivity contribution < 1.29 is 5.11 Å². The highest BCUT2D eigenvalue weighted by Gasteiger charge is 2.11. The van der Waals surface area contributed by atoms with Crippen molar-refractivity contribution in [3.05, 3.63) is 29.6 Å². The predicted molar refractivity (Wildman–Crippen MR) is 53.4 cm³/mol. The summed E-state index contributed by atoms with van der Waals surface area (Å²) in [4.78, 5) is 4.01. The molecule has 1 N–H and O–H groups in total. The lowest BCUT2D eigenvalue weighted by molar-refractivity contribution is 0.150. The van der Waals surface area contributed by atoms with Gasteiger partial charge >= 0.3 is 0 Å². The topological polar surface area (TPSA) is 33.1 Å². The number of aliphatic hydroxyl groups is 1. The quantitative estimate of drug-likeness (QED) is 0.773. The fourth-order valence-electron chi connectivity index (χ4n) is 1.40. The standard InChI is InChI=1S/C11H17NO/c1-8(2)6-11(13)10-7-12-5-4-9(10)3/h4-5,7-8,11,13H,6H2,1-3H3. The molecule has 0 spiro atoms. The number of aryl methyl sites for hydroxylation is 1. The maximum absolute atomic E-state index is 9.83. The molecule has 0 saturated carbocycles. The highest BCUT2D eigenvalue weighted by Crippen LogP contribution is 2.22. The van der Waals surface area contributed by atoms with Gasteiger partial charge in [0.1, 0.15) is 0 Å². The second kappa shape index (κ2) is 4.38. The van der Waals surface area contributed by atoms with E-state index in [4.69, 9.17) is 0 Å². The minimum Gasteiger partial charge on any atom is -0.388 e. The maximum Gasteiger partial charge on any atom is 0.0809 e. The van der Waals surface area contributed by atoms with Crippen molar-refractivity contribution in [2.24, 2.45) is 5.92 Å². The van der Waals surface area contributed by atoms with Gasteiger partial charge in [0.25, 0.3) is 0 Å². The molecule has 0 bridgehead atoms. The molecule has 0 aliphatic carbocycles. The lowest BCUT2D eigenvalue weighted by Gasteiger charge is -2.14. The number of pyridine rings is 1. The molecule has 0 aromatic carbocycles. The molecule has 0 aliphatic heterocycles. The Morgan fingerprint density at radius 3 is 2.69 bits per heavy atom. The van der Waals surface area contributed by atoms with Crippen LogP contribution in [0.2, 0.25) is 0 Å². The molecule has 0 amide bonds. The lowest BCUT2D eigenvalue weighted by atomic mass is 9.98. The second-order valence-electron chi connectivity index (χ2n) is 3.88. The van der Waals surface area contributed by atoms with Gasteiger partial charge in [-0.15, -0.1) is 0 Å². The van der Waals surface area contributed by atoms with Crippen molar-refractivity contribution >= 4 is 0 Å². The van der Waals surface area contributed by atoms with Crippen LogP contribution in [0.4, 0.5) is 0 Å². The summed E-state index contributed by atoms with van der Waals surface area (Å²) in [5.74, 6) is 0.509. The van der Waals surface area contributed by atoms with E-state index in [2.05, 4.69) is 18.8 Å². The third-order valence-corrected chi connectivity index (χ3v) is 2.13. The van der Waals surface area contributed by atoms with Crippen LogP contribution in [0.25, 0.3) is 0 Å². The van der Waals surface area contributed by atoms with Crippen molar-refractivity contribution in [3.63, 3.8) is 0 Å².